The van der Waals surface area contributed by atoms with Crippen molar-refractivity contribution in [1.82, 2.24) is 4.98 Å². The van der Waals surface area contributed by atoms with Gasteiger partial charge in [0.05, 0.1) is 4.92 Å². The molecule has 1 heterocycles. The fraction of sp³-hybridized carbons (Fsp3) is 0.643. The summed E-state index contributed by atoms with van der Waals surface area (Å²) < 4.78 is 0. The van der Waals surface area contributed by atoms with Crippen molar-refractivity contribution in [3.63, 3.8) is 0 Å². The smallest absolute Gasteiger partial charge is 0.290 e. The van der Waals surface area contributed by atoms with Gasteiger partial charge in [0.1, 0.15) is 11.5 Å². The quantitative estimate of drug-likeness (QED) is 0.664. The molecule has 0 aromatic carbocycles. The molecular formula is C14H21N3O2. The summed E-state index contributed by atoms with van der Waals surface area (Å²) in [6.07, 6.45) is 6.16. The number of anilines is 1. The van der Waals surface area contributed by atoms with Crippen LogP contribution in [0.1, 0.15) is 44.7 Å². The first-order chi connectivity index (χ1) is 9.11. The number of aryl methyl sites for hydroxylation is 1. The summed E-state index contributed by atoms with van der Waals surface area (Å²) in [7, 11) is 0. The van der Waals surface area contributed by atoms with E-state index in [4.69, 9.17) is 0 Å². The van der Waals surface area contributed by atoms with Crippen LogP contribution < -0.4 is 5.32 Å². The highest BCUT2D eigenvalue weighted by Gasteiger charge is 2.24. The summed E-state index contributed by atoms with van der Waals surface area (Å²) in [6, 6.07) is 3.70. The van der Waals surface area contributed by atoms with Gasteiger partial charge < -0.3 is 5.32 Å². The summed E-state index contributed by atoms with van der Waals surface area (Å²) in [6.45, 7) is 3.90. The van der Waals surface area contributed by atoms with Crippen molar-refractivity contribution in [3.8, 4) is 0 Å². The van der Waals surface area contributed by atoms with Crippen LogP contribution in [-0.4, -0.2) is 15.9 Å². The minimum absolute atomic E-state index is 0.0845. The van der Waals surface area contributed by atoms with Crippen LogP contribution in [0.15, 0.2) is 12.1 Å². The molecule has 1 aromatic heterocycles. The van der Waals surface area contributed by atoms with E-state index in [1.807, 2.05) is 0 Å². The van der Waals surface area contributed by atoms with Crippen molar-refractivity contribution in [2.24, 2.45) is 5.92 Å². The van der Waals surface area contributed by atoms with Gasteiger partial charge >= 0.3 is 0 Å². The summed E-state index contributed by atoms with van der Waals surface area (Å²) >= 11 is 0. The fourth-order valence-corrected chi connectivity index (χ4v) is 2.90. The topological polar surface area (TPSA) is 68.1 Å². The SMILES string of the molecule is CCC1CCCCC1Nc1ccc([N+](=O)[O-])c(C)n1. The Balaban J connectivity index is 2.10. The van der Waals surface area contributed by atoms with Gasteiger partial charge in [-0.05, 0) is 31.7 Å². The summed E-state index contributed by atoms with van der Waals surface area (Å²) in [5.74, 6) is 1.44. The van der Waals surface area contributed by atoms with Gasteiger partial charge in [0.25, 0.3) is 5.69 Å². The Bertz CT molecular complexity index is 462. The van der Waals surface area contributed by atoms with Crippen molar-refractivity contribution >= 4 is 11.5 Å². The van der Waals surface area contributed by atoms with E-state index >= 15 is 0 Å². The second-order valence-corrected chi connectivity index (χ2v) is 5.26. The lowest BCUT2D eigenvalue weighted by atomic mass is 9.83. The standard InChI is InChI=1S/C14H21N3O2/c1-3-11-6-4-5-7-12(11)16-14-9-8-13(17(18)19)10(2)15-14/h8-9,11-12H,3-7H2,1-2H3,(H,15,16). The minimum Gasteiger partial charge on any atom is -0.367 e. The van der Waals surface area contributed by atoms with Gasteiger partial charge in [-0.3, -0.25) is 10.1 Å². The van der Waals surface area contributed by atoms with E-state index in [0.29, 0.717) is 17.7 Å². The average molecular weight is 263 g/mol. The van der Waals surface area contributed by atoms with E-state index in [0.717, 1.165) is 12.2 Å². The van der Waals surface area contributed by atoms with Gasteiger partial charge in [0, 0.05) is 12.1 Å². The fourth-order valence-electron chi connectivity index (χ4n) is 2.90. The summed E-state index contributed by atoms with van der Waals surface area (Å²) in [5.41, 5.74) is 0.556. The molecule has 0 radical (unpaired) electrons. The van der Waals surface area contributed by atoms with Crippen LogP contribution in [0.5, 0.6) is 0 Å². The molecule has 1 aliphatic rings. The van der Waals surface area contributed by atoms with Gasteiger partial charge in [-0.15, -0.1) is 0 Å². The van der Waals surface area contributed by atoms with Crippen molar-refractivity contribution < 1.29 is 4.92 Å². The Morgan fingerprint density at radius 1 is 1.42 bits per heavy atom. The Hall–Kier alpha value is -1.65. The van der Waals surface area contributed by atoms with Crippen molar-refractivity contribution in [2.75, 3.05) is 5.32 Å². The maximum atomic E-state index is 10.8. The van der Waals surface area contributed by atoms with E-state index in [9.17, 15) is 10.1 Å². The number of nitrogens with zero attached hydrogens (tertiary/aromatic N) is 2. The normalized spacial score (nSPS) is 23.1. The molecule has 0 spiro atoms. The summed E-state index contributed by atoms with van der Waals surface area (Å²) in [4.78, 5) is 14.7. The lowest BCUT2D eigenvalue weighted by Gasteiger charge is -2.31. The molecule has 1 saturated carbocycles. The van der Waals surface area contributed by atoms with Crippen LogP contribution in [0, 0.1) is 23.0 Å². The predicted molar refractivity (Wildman–Crippen MR) is 75.3 cm³/mol. The third kappa shape index (κ3) is 3.22. The van der Waals surface area contributed by atoms with Gasteiger partial charge in [0.15, 0.2) is 0 Å². The van der Waals surface area contributed by atoms with Gasteiger partial charge in [0.2, 0.25) is 0 Å². The Kier molecular flexibility index (Phi) is 4.35. The number of hydrogen-bond donors (Lipinski definition) is 1. The number of hydrogen-bond acceptors (Lipinski definition) is 4. The third-order valence-electron chi connectivity index (χ3n) is 4.02. The van der Waals surface area contributed by atoms with E-state index in [2.05, 4.69) is 17.2 Å². The van der Waals surface area contributed by atoms with Crippen LogP contribution in [-0.2, 0) is 0 Å². The zero-order chi connectivity index (χ0) is 13.8. The van der Waals surface area contributed by atoms with Crippen LogP contribution in [0.4, 0.5) is 11.5 Å². The molecule has 2 unspecified atom stereocenters. The number of nitro groups is 1. The molecule has 2 atom stereocenters. The van der Waals surface area contributed by atoms with Crippen LogP contribution in [0.25, 0.3) is 0 Å². The molecule has 1 N–H and O–H groups in total. The lowest BCUT2D eigenvalue weighted by molar-refractivity contribution is -0.385. The maximum absolute atomic E-state index is 10.8. The number of nitrogens with one attached hydrogen (secondary N) is 1. The zero-order valence-electron chi connectivity index (χ0n) is 11.6. The molecule has 0 amide bonds. The largest absolute Gasteiger partial charge is 0.367 e. The number of pyridine rings is 1. The van der Waals surface area contributed by atoms with Crippen molar-refractivity contribution in [2.45, 2.75) is 52.0 Å². The minimum atomic E-state index is -0.387. The highest BCUT2D eigenvalue weighted by Crippen LogP contribution is 2.29. The molecule has 5 heteroatoms. The average Bonchev–Trinajstić information content (AvgIpc) is 2.39. The van der Waals surface area contributed by atoms with Gasteiger partial charge in [-0.2, -0.15) is 0 Å². The first-order valence-electron chi connectivity index (χ1n) is 7.00. The second kappa shape index (κ2) is 5.99. The zero-order valence-corrected chi connectivity index (χ0v) is 11.6. The van der Waals surface area contributed by atoms with E-state index in [1.54, 1.807) is 13.0 Å². The summed E-state index contributed by atoms with van der Waals surface area (Å²) in [5, 5.41) is 14.2. The second-order valence-electron chi connectivity index (χ2n) is 5.26. The molecular weight excluding hydrogens is 242 g/mol. The van der Waals surface area contributed by atoms with Gasteiger partial charge in [-0.1, -0.05) is 26.2 Å². The Morgan fingerprint density at radius 2 is 2.16 bits per heavy atom. The Morgan fingerprint density at radius 3 is 2.79 bits per heavy atom. The highest BCUT2D eigenvalue weighted by atomic mass is 16.6. The molecule has 5 nitrogen and oxygen atoms in total. The molecule has 0 bridgehead atoms. The van der Waals surface area contributed by atoms with E-state index in [-0.39, 0.29) is 10.6 Å². The molecule has 19 heavy (non-hydrogen) atoms. The molecule has 0 saturated heterocycles. The predicted octanol–water partition coefficient (Wildman–Crippen LogP) is 3.68. The first-order valence-corrected chi connectivity index (χ1v) is 7.00. The first kappa shape index (κ1) is 13.8. The van der Waals surface area contributed by atoms with Crippen LogP contribution in [0.2, 0.25) is 0 Å². The third-order valence-corrected chi connectivity index (χ3v) is 4.02. The molecule has 0 aliphatic heterocycles. The monoisotopic (exact) mass is 263 g/mol. The lowest BCUT2D eigenvalue weighted by Crippen LogP contribution is -2.32. The molecule has 1 fully saturated rings. The van der Waals surface area contributed by atoms with Crippen LogP contribution >= 0.6 is 0 Å². The molecule has 104 valence electrons. The van der Waals surface area contributed by atoms with Crippen LogP contribution in [0.3, 0.4) is 0 Å². The Labute approximate surface area is 113 Å². The number of aromatic nitrogens is 1. The van der Waals surface area contributed by atoms with Crippen molar-refractivity contribution in [1.29, 1.82) is 0 Å². The van der Waals surface area contributed by atoms with Crippen molar-refractivity contribution in [3.05, 3.63) is 27.9 Å². The highest BCUT2D eigenvalue weighted by molar-refractivity contribution is 5.45. The van der Waals surface area contributed by atoms with E-state index in [1.165, 1.54) is 31.7 Å². The van der Waals surface area contributed by atoms with Gasteiger partial charge in [-0.25, -0.2) is 4.98 Å². The number of rotatable bonds is 4. The molecule has 2 rings (SSSR count). The molecule has 1 aliphatic carbocycles. The molecule has 1 aromatic rings. The van der Waals surface area contributed by atoms with E-state index < -0.39 is 0 Å². The maximum Gasteiger partial charge on any atom is 0.290 e.